The van der Waals surface area contributed by atoms with Crippen molar-refractivity contribution < 1.29 is 29.3 Å². The van der Waals surface area contributed by atoms with Crippen molar-refractivity contribution >= 4 is 18.1 Å². The van der Waals surface area contributed by atoms with Crippen LogP contribution >= 0.6 is 0 Å². The van der Waals surface area contributed by atoms with Crippen LogP contribution in [0.3, 0.4) is 0 Å². The lowest BCUT2D eigenvalue weighted by atomic mass is 10.2. The number of nitrogens with one attached hydrogen (secondary N) is 1. The summed E-state index contributed by atoms with van der Waals surface area (Å²) in [4.78, 5) is 37.3. The number of carboxylic acids is 1. The van der Waals surface area contributed by atoms with E-state index in [9.17, 15) is 19.5 Å². The van der Waals surface area contributed by atoms with E-state index in [1.54, 1.807) is 0 Å². The molecule has 0 aromatic heterocycles. The van der Waals surface area contributed by atoms with Crippen molar-refractivity contribution in [2.24, 2.45) is 0 Å². The third-order valence-electron chi connectivity index (χ3n) is 3.78. The van der Waals surface area contributed by atoms with Gasteiger partial charge in [-0.05, 0) is 6.42 Å². The topological polar surface area (TPSA) is 119 Å². The number of carboxylic acid groups (broad SMARTS) is 1. The van der Waals surface area contributed by atoms with Gasteiger partial charge >= 0.3 is 18.1 Å². The Morgan fingerprint density at radius 1 is 1.29 bits per heavy atom. The SMILES string of the molecule is COC(=O)NC1CCN(C(=O)N2CC(O)C[C@H]2C(=O)O)C1. The molecule has 118 valence electrons. The van der Waals surface area contributed by atoms with Crippen molar-refractivity contribution in [2.75, 3.05) is 26.7 Å². The molecule has 0 aromatic carbocycles. The van der Waals surface area contributed by atoms with Crippen molar-refractivity contribution in [1.29, 1.82) is 0 Å². The van der Waals surface area contributed by atoms with Gasteiger partial charge < -0.3 is 30.1 Å². The minimum absolute atomic E-state index is 0.0153. The molecule has 0 spiro atoms. The summed E-state index contributed by atoms with van der Waals surface area (Å²) in [7, 11) is 1.26. The Labute approximate surface area is 121 Å². The zero-order valence-electron chi connectivity index (χ0n) is 11.7. The first kappa shape index (κ1) is 15.4. The Bertz CT molecular complexity index is 443. The summed E-state index contributed by atoms with van der Waals surface area (Å²) in [5.74, 6) is -1.12. The Morgan fingerprint density at radius 2 is 2.00 bits per heavy atom. The maximum atomic E-state index is 12.3. The van der Waals surface area contributed by atoms with Crippen LogP contribution in [0.15, 0.2) is 0 Å². The van der Waals surface area contributed by atoms with Crippen LogP contribution in [-0.4, -0.2) is 83.0 Å². The minimum atomic E-state index is -1.12. The smallest absolute Gasteiger partial charge is 0.407 e. The van der Waals surface area contributed by atoms with Gasteiger partial charge in [0, 0.05) is 26.1 Å². The lowest BCUT2D eigenvalue weighted by Gasteiger charge is -2.27. The van der Waals surface area contributed by atoms with E-state index in [0.717, 1.165) is 0 Å². The Morgan fingerprint density at radius 3 is 2.62 bits per heavy atom. The molecule has 2 fully saturated rings. The molecular weight excluding hydrogens is 282 g/mol. The first-order valence-electron chi connectivity index (χ1n) is 6.73. The van der Waals surface area contributed by atoms with Gasteiger partial charge in [0.15, 0.2) is 0 Å². The zero-order valence-corrected chi connectivity index (χ0v) is 11.7. The average molecular weight is 301 g/mol. The molecule has 0 radical (unpaired) electrons. The van der Waals surface area contributed by atoms with Crippen LogP contribution in [0, 0.1) is 0 Å². The second-order valence-electron chi connectivity index (χ2n) is 5.25. The first-order valence-corrected chi connectivity index (χ1v) is 6.73. The maximum Gasteiger partial charge on any atom is 0.407 e. The number of likely N-dealkylation sites (tertiary alicyclic amines) is 2. The van der Waals surface area contributed by atoms with E-state index in [4.69, 9.17) is 5.11 Å². The molecule has 2 saturated heterocycles. The molecule has 2 rings (SSSR count). The number of methoxy groups -OCH3 is 1. The number of alkyl carbamates (subject to hydrolysis) is 1. The number of ether oxygens (including phenoxy) is 1. The highest BCUT2D eigenvalue weighted by atomic mass is 16.5. The number of amides is 3. The van der Waals surface area contributed by atoms with E-state index in [-0.39, 0.29) is 19.0 Å². The Hall–Kier alpha value is -2.03. The molecule has 2 aliphatic rings. The van der Waals surface area contributed by atoms with E-state index in [2.05, 4.69) is 10.1 Å². The van der Waals surface area contributed by atoms with Crippen LogP contribution < -0.4 is 5.32 Å². The van der Waals surface area contributed by atoms with E-state index in [0.29, 0.717) is 19.5 Å². The molecule has 3 amide bonds. The molecule has 0 aromatic rings. The summed E-state index contributed by atoms with van der Waals surface area (Å²) in [6.45, 7) is 0.737. The van der Waals surface area contributed by atoms with Crippen molar-refractivity contribution in [3.63, 3.8) is 0 Å². The zero-order chi connectivity index (χ0) is 15.6. The number of β-amino-alcohol motifs (C(OH)–C–C–N with tert-alkyl or cyclic N) is 1. The second kappa shape index (κ2) is 6.17. The number of rotatable bonds is 2. The molecule has 2 heterocycles. The summed E-state index contributed by atoms with van der Waals surface area (Å²) in [5, 5.41) is 21.3. The largest absolute Gasteiger partial charge is 0.480 e. The van der Waals surface area contributed by atoms with Gasteiger partial charge in [-0.1, -0.05) is 0 Å². The predicted octanol–water partition coefficient (Wildman–Crippen LogP) is -0.943. The summed E-state index contributed by atoms with van der Waals surface area (Å²) < 4.78 is 4.50. The summed E-state index contributed by atoms with van der Waals surface area (Å²) in [6, 6.07) is -1.63. The number of urea groups is 1. The lowest BCUT2D eigenvalue weighted by Crippen LogP contribution is -2.48. The van der Waals surface area contributed by atoms with Gasteiger partial charge in [-0.3, -0.25) is 0 Å². The number of aliphatic carboxylic acids is 1. The number of carbonyl (C=O) groups excluding carboxylic acids is 2. The third-order valence-corrected chi connectivity index (χ3v) is 3.78. The average Bonchev–Trinajstić information content (AvgIpc) is 3.04. The first-order chi connectivity index (χ1) is 9.92. The molecule has 0 bridgehead atoms. The van der Waals surface area contributed by atoms with Crippen LogP contribution in [0.5, 0.6) is 0 Å². The minimum Gasteiger partial charge on any atom is -0.480 e. The Kier molecular flexibility index (Phi) is 4.51. The van der Waals surface area contributed by atoms with Crippen molar-refractivity contribution in [3.8, 4) is 0 Å². The molecule has 9 heteroatoms. The lowest BCUT2D eigenvalue weighted by molar-refractivity contribution is -0.141. The van der Waals surface area contributed by atoms with Crippen molar-refractivity contribution in [1.82, 2.24) is 15.1 Å². The van der Waals surface area contributed by atoms with E-state index in [1.807, 2.05) is 0 Å². The number of nitrogens with zero attached hydrogens (tertiary/aromatic N) is 2. The van der Waals surface area contributed by atoms with Crippen LogP contribution in [0.25, 0.3) is 0 Å². The van der Waals surface area contributed by atoms with Crippen molar-refractivity contribution in [2.45, 2.75) is 31.0 Å². The summed E-state index contributed by atoms with van der Waals surface area (Å²) >= 11 is 0. The highest BCUT2D eigenvalue weighted by Gasteiger charge is 2.42. The second-order valence-corrected chi connectivity index (χ2v) is 5.25. The van der Waals surface area contributed by atoms with E-state index in [1.165, 1.54) is 16.9 Å². The predicted molar refractivity (Wildman–Crippen MR) is 69.7 cm³/mol. The fraction of sp³-hybridized carbons (Fsp3) is 0.750. The van der Waals surface area contributed by atoms with Gasteiger partial charge in [0.25, 0.3) is 0 Å². The number of aliphatic hydroxyl groups excluding tert-OH is 1. The van der Waals surface area contributed by atoms with Gasteiger partial charge in [0.05, 0.1) is 19.3 Å². The molecular formula is C12H19N3O6. The number of hydrogen-bond donors (Lipinski definition) is 3. The monoisotopic (exact) mass is 301 g/mol. The standard InChI is InChI=1S/C12H19N3O6/c1-21-11(19)13-7-2-3-14(5-7)12(20)15-6-8(16)4-9(15)10(17)18/h7-9,16H,2-6H2,1H3,(H,13,19)(H,17,18)/t7?,8?,9-/m0/s1. The third kappa shape index (κ3) is 3.35. The summed E-state index contributed by atoms with van der Waals surface area (Å²) in [6.07, 6.45) is -0.760. The van der Waals surface area contributed by atoms with E-state index < -0.39 is 30.2 Å². The highest BCUT2D eigenvalue weighted by Crippen LogP contribution is 2.22. The van der Waals surface area contributed by atoms with Crippen LogP contribution in [0.4, 0.5) is 9.59 Å². The van der Waals surface area contributed by atoms with Crippen LogP contribution in [-0.2, 0) is 9.53 Å². The molecule has 0 saturated carbocycles. The quantitative estimate of drug-likeness (QED) is 0.605. The van der Waals surface area contributed by atoms with Crippen LogP contribution in [0.1, 0.15) is 12.8 Å². The number of carbonyl (C=O) groups is 3. The van der Waals surface area contributed by atoms with Gasteiger partial charge in [0.1, 0.15) is 6.04 Å². The fourth-order valence-corrected chi connectivity index (χ4v) is 2.72. The molecule has 3 N–H and O–H groups in total. The molecule has 0 aliphatic carbocycles. The van der Waals surface area contributed by atoms with E-state index >= 15 is 0 Å². The van der Waals surface area contributed by atoms with Crippen LogP contribution in [0.2, 0.25) is 0 Å². The van der Waals surface area contributed by atoms with Gasteiger partial charge in [-0.25, -0.2) is 14.4 Å². The van der Waals surface area contributed by atoms with Crippen molar-refractivity contribution in [3.05, 3.63) is 0 Å². The highest BCUT2D eigenvalue weighted by molar-refractivity contribution is 5.83. The molecule has 3 atom stereocenters. The number of aliphatic hydroxyl groups is 1. The van der Waals surface area contributed by atoms with Gasteiger partial charge in [-0.2, -0.15) is 0 Å². The molecule has 2 unspecified atom stereocenters. The molecule has 9 nitrogen and oxygen atoms in total. The number of hydrogen-bond acceptors (Lipinski definition) is 5. The Balaban J connectivity index is 1.95. The van der Waals surface area contributed by atoms with Gasteiger partial charge in [0.2, 0.25) is 0 Å². The van der Waals surface area contributed by atoms with Gasteiger partial charge in [-0.15, -0.1) is 0 Å². The molecule has 21 heavy (non-hydrogen) atoms. The normalized spacial score (nSPS) is 28.6. The maximum absolute atomic E-state index is 12.3. The summed E-state index contributed by atoms with van der Waals surface area (Å²) in [5.41, 5.74) is 0. The molecule has 2 aliphatic heterocycles. The fourth-order valence-electron chi connectivity index (χ4n) is 2.72.